The quantitative estimate of drug-likeness (QED) is 0.809. The van der Waals surface area contributed by atoms with Crippen LogP contribution in [-0.4, -0.2) is 48.7 Å². The lowest BCUT2D eigenvalue weighted by Gasteiger charge is -2.32. The van der Waals surface area contributed by atoms with Crippen molar-refractivity contribution in [2.45, 2.75) is 57.6 Å². The molecular weight excluding hydrogens is 228 g/mol. The maximum Gasteiger partial charge on any atom is 0.254 e. The Bertz CT molecular complexity index is 282. The molecule has 18 heavy (non-hydrogen) atoms. The first-order chi connectivity index (χ1) is 8.65. The van der Waals surface area contributed by atoms with Crippen LogP contribution in [0.2, 0.25) is 0 Å². The van der Waals surface area contributed by atoms with E-state index in [9.17, 15) is 4.79 Å². The second kappa shape index (κ2) is 6.02. The molecule has 0 spiro atoms. The van der Waals surface area contributed by atoms with Crippen LogP contribution in [0.4, 0.5) is 0 Å². The number of carbonyl (C=O) groups excluding carboxylic acids is 1. The van der Waals surface area contributed by atoms with Gasteiger partial charge in [0, 0.05) is 25.7 Å². The minimum absolute atomic E-state index is 0.190. The fraction of sp³-hybridized carbons (Fsp3) is 0.929. The van der Waals surface area contributed by atoms with Crippen molar-refractivity contribution < 1.29 is 9.53 Å². The van der Waals surface area contributed by atoms with Gasteiger partial charge in [-0.25, -0.2) is 0 Å². The highest BCUT2D eigenvalue weighted by molar-refractivity contribution is 5.85. The van der Waals surface area contributed by atoms with E-state index >= 15 is 0 Å². The summed E-state index contributed by atoms with van der Waals surface area (Å²) in [6.45, 7) is 7.57. The van der Waals surface area contributed by atoms with Gasteiger partial charge in [0.1, 0.15) is 5.60 Å². The molecule has 1 N–H and O–H groups in total. The smallest absolute Gasteiger partial charge is 0.254 e. The summed E-state index contributed by atoms with van der Waals surface area (Å²) in [6, 6.07) is 0.477. The van der Waals surface area contributed by atoms with Crippen LogP contribution in [0.3, 0.4) is 0 Å². The van der Waals surface area contributed by atoms with Gasteiger partial charge in [0.05, 0.1) is 0 Å². The Morgan fingerprint density at radius 2 is 2.33 bits per heavy atom. The van der Waals surface area contributed by atoms with Crippen LogP contribution in [0.5, 0.6) is 0 Å². The van der Waals surface area contributed by atoms with Gasteiger partial charge in [-0.2, -0.15) is 0 Å². The lowest BCUT2D eigenvalue weighted by atomic mass is 10.0. The molecule has 2 unspecified atom stereocenters. The zero-order valence-electron chi connectivity index (χ0n) is 11.7. The zero-order valence-corrected chi connectivity index (χ0v) is 11.7. The Balaban J connectivity index is 1.96. The predicted octanol–water partition coefficient (Wildman–Crippen LogP) is 1.55. The van der Waals surface area contributed by atoms with Crippen molar-refractivity contribution in [2.24, 2.45) is 0 Å². The first-order valence-electron chi connectivity index (χ1n) is 7.32. The number of ether oxygens (including phenoxy) is 1. The standard InChI is InChI=1S/C14H26N2O2/c1-3-9-16(11-12-6-4-8-15-12)13(17)14(2)7-5-10-18-14/h12,15H,3-11H2,1-2H3. The van der Waals surface area contributed by atoms with Gasteiger partial charge < -0.3 is 15.0 Å². The molecule has 0 aromatic carbocycles. The average Bonchev–Trinajstić information content (AvgIpc) is 3.00. The maximum absolute atomic E-state index is 12.6. The van der Waals surface area contributed by atoms with Crippen molar-refractivity contribution in [3.8, 4) is 0 Å². The summed E-state index contributed by atoms with van der Waals surface area (Å²) in [7, 11) is 0. The minimum atomic E-state index is -0.562. The van der Waals surface area contributed by atoms with Crippen molar-refractivity contribution in [1.82, 2.24) is 10.2 Å². The number of nitrogens with one attached hydrogen (secondary N) is 1. The van der Waals surface area contributed by atoms with Crippen LogP contribution >= 0.6 is 0 Å². The lowest BCUT2D eigenvalue weighted by Crippen LogP contribution is -2.50. The van der Waals surface area contributed by atoms with Crippen molar-refractivity contribution in [3.05, 3.63) is 0 Å². The van der Waals surface area contributed by atoms with Crippen molar-refractivity contribution in [2.75, 3.05) is 26.2 Å². The topological polar surface area (TPSA) is 41.6 Å². The second-order valence-electron chi connectivity index (χ2n) is 5.73. The van der Waals surface area contributed by atoms with Crippen LogP contribution in [-0.2, 0) is 9.53 Å². The number of hydrogen-bond acceptors (Lipinski definition) is 3. The van der Waals surface area contributed by atoms with Gasteiger partial charge in [0.2, 0.25) is 0 Å². The fourth-order valence-electron chi connectivity index (χ4n) is 3.01. The number of carbonyl (C=O) groups is 1. The van der Waals surface area contributed by atoms with Gasteiger partial charge in [-0.05, 0) is 45.6 Å². The van der Waals surface area contributed by atoms with E-state index in [-0.39, 0.29) is 5.91 Å². The third-order valence-electron chi connectivity index (χ3n) is 4.06. The highest BCUT2D eigenvalue weighted by atomic mass is 16.5. The van der Waals surface area contributed by atoms with Gasteiger partial charge >= 0.3 is 0 Å². The highest BCUT2D eigenvalue weighted by Gasteiger charge is 2.40. The Morgan fingerprint density at radius 3 is 2.89 bits per heavy atom. The molecule has 2 fully saturated rings. The van der Waals surface area contributed by atoms with E-state index in [2.05, 4.69) is 12.2 Å². The van der Waals surface area contributed by atoms with Gasteiger partial charge in [-0.1, -0.05) is 6.92 Å². The summed E-state index contributed by atoms with van der Waals surface area (Å²) in [5.74, 6) is 0.190. The molecule has 2 aliphatic heterocycles. The number of amides is 1. The summed E-state index contributed by atoms with van der Waals surface area (Å²) in [5.41, 5.74) is -0.562. The normalized spacial score (nSPS) is 31.8. The van der Waals surface area contributed by atoms with Crippen LogP contribution in [0, 0.1) is 0 Å². The van der Waals surface area contributed by atoms with Gasteiger partial charge in [-0.15, -0.1) is 0 Å². The third kappa shape index (κ3) is 3.04. The third-order valence-corrected chi connectivity index (χ3v) is 4.06. The molecule has 0 saturated carbocycles. The molecule has 104 valence electrons. The van der Waals surface area contributed by atoms with Crippen LogP contribution in [0.1, 0.15) is 46.0 Å². The number of nitrogens with zero attached hydrogens (tertiary/aromatic N) is 1. The molecule has 0 aliphatic carbocycles. The Kier molecular flexibility index (Phi) is 4.62. The molecule has 2 heterocycles. The lowest BCUT2D eigenvalue weighted by molar-refractivity contribution is -0.151. The summed E-state index contributed by atoms with van der Waals surface area (Å²) < 4.78 is 5.68. The molecule has 0 aromatic heterocycles. The molecular formula is C14H26N2O2. The molecule has 1 amide bonds. The van der Waals surface area contributed by atoms with E-state index in [0.29, 0.717) is 6.04 Å². The van der Waals surface area contributed by atoms with E-state index in [1.54, 1.807) is 0 Å². The van der Waals surface area contributed by atoms with E-state index in [1.807, 2.05) is 11.8 Å². The molecule has 2 saturated heterocycles. The minimum Gasteiger partial charge on any atom is -0.365 e. The Labute approximate surface area is 110 Å². The fourth-order valence-corrected chi connectivity index (χ4v) is 3.01. The van der Waals surface area contributed by atoms with Crippen molar-refractivity contribution in [1.29, 1.82) is 0 Å². The average molecular weight is 254 g/mol. The van der Waals surface area contributed by atoms with Crippen molar-refractivity contribution in [3.63, 3.8) is 0 Å². The first kappa shape index (κ1) is 13.8. The molecule has 2 rings (SSSR count). The summed E-state index contributed by atoms with van der Waals surface area (Å²) in [5, 5.41) is 3.47. The van der Waals surface area contributed by atoms with Crippen LogP contribution < -0.4 is 5.32 Å². The SMILES string of the molecule is CCCN(CC1CCCN1)C(=O)C1(C)CCCO1. The largest absolute Gasteiger partial charge is 0.365 e. The molecule has 4 nitrogen and oxygen atoms in total. The summed E-state index contributed by atoms with van der Waals surface area (Å²) in [6.07, 6.45) is 5.29. The molecule has 2 aliphatic rings. The summed E-state index contributed by atoms with van der Waals surface area (Å²) >= 11 is 0. The molecule has 0 bridgehead atoms. The van der Waals surface area contributed by atoms with E-state index in [4.69, 9.17) is 4.74 Å². The maximum atomic E-state index is 12.6. The van der Waals surface area contributed by atoms with Crippen LogP contribution in [0.25, 0.3) is 0 Å². The van der Waals surface area contributed by atoms with E-state index < -0.39 is 5.60 Å². The van der Waals surface area contributed by atoms with Gasteiger partial charge in [-0.3, -0.25) is 4.79 Å². The van der Waals surface area contributed by atoms with E-state index in [1.165, 1.54) is 12.8 Å². The first-order valence-corrected chi connectivity index (χ1v) is 7.32. The van der Waals surface area contributed by atoms with Crippen LogP contribution in [0.15, 0.2) is 0 Å². The summed E-state index contributed by atoms with van der Waals surface area (Å²) in [4.78, 5) is 14.6. The predicted molar refractivity (Wildman–Crippen MR) is 71.5 cm³/mol. The van der Waals surface area contributed by atoms with E-state index in [0.717, 1.165) is 45.5 Å². The Hall–Kier alpha value is -0.610. The monoisotopic (exact) mass is 254 g/mol. The van der Waals surface area contributed by atoms with Gasteiger partial charge in [0.15, 0.2) is 0 Å². The zero-order chi connectivity index (χ0) is 13.0. The number of rotatable bonds is 5. The highest BCUT2D eigenvalue weighted by Crippen LogP contribution is 2.27. The molecule has 0 radical (unpaired) electrons. The van der Waals surface area contributed by atoms with Crippen molar-refractivity contribution >= 4 is 5.91 Å². The second-order valence-corrected chi connectivity index (χ2v) is 5.73. The number of hydrogen-bond donors (Lipinski definition) is 1. The Morgan fingerprint density at radius 1 is 1.50 bits per heavy atom. The molecule has 4 heteroatoms. The molecule has 0 aromatic rings. The molecule has 2 atom stereocenters. The van der Waals surface area contributed by atoms with Gasteiger partial charge in [0.25, 0.3) is 5.91 Å².